The number of likely N-dealkylation sites (tertiary alicyclic amines) is 1. The van der Waals surface area contributed by atoms with Gasteiger partial charge in [-0.05, 0) is 56.0 Å². The number of hydrogen-bond donors (Lipinski definition) is 1. The smallest absolute Gasteiger partial charge is 0.253 e. The van der Waals surface area contributed by atoms with Crippen molar-refractivity contribution in [2.24, 2.45) is 0 Å². The molecule has 1 aromatic carbocycles. The van der Waals surface area contributed by atoms with Crippen LogP contribution in [-0.4, -0.2) is 60.8 Å². The summed E-state index contributed by atoms with van der Waals surface area (Å²) in [5, 5.41) is 3.17. The average molecular weight is 454 g/mol. The second-order valence-corrected chi connectivity index (χ2v) is 8.95. The molecule has 2 aromatic rings. The molecule has 1 aromatic heterocycles. The zero-order valence-electron chi connectivity index (χ0n) is 19.7. The summed E-state index contributed by atoms with van der Waals surface area (Å²) in [5.41, 5.74) is 2.81. The molecule has 7 heteroatoms. The van der Waals surface area contributed by atoms with Crippen LogP contribution in [0.25, 0.3) is 0 Å². The predicted octanol–water partition coefficient (Wildman–Crippen LogP) is 3.74. The Kier molecular flexibility index (Phi) is 8.18. The molecular weight excluding hydrogens is 418 g/mol. The maximum atomic E-state index is 12.5. The molecule has 0 atom stereocenters. The third-order valence-corrected chi connectivity index (χ3v) is 6.19. The summed E-state index contributed by atoms with van der Waals surface area (Å²) in [6.45, 7) is 8.80. The van der Waals surface area contributed by atoms with Crippen LogP contribution < -0.4 is 14.8 Å². The monoisotopic (exact) mass is 453 g/mol. The summed E-state index contributed by atoms with van der Waals surface area (Å²) in [7, 11) is 0. The van der Waals surface area contributed by atoms with Crippen molar-refractivity contribution in [1.82, 2.24) is 15.2 Å². The highest BCUT2D eigenvalue weighted by molar-refractivity contribution is 5.94. The first kappa shape index (κ1) is 23.5. The largest absolute Gasteiger partial charge is 0.494 e. The highest BCUT2D eigenvalue weighted by atomic mass is 16.5. The van der Waals surface area contributed by atoms with E-state index in [-0.39, 0.29) is 18.1 Å². The van der Waals surface area contributed by atoms with E-state index in [0.29, 0.717) is 12.2 Å². The summed E-state index contributed by atoms with van der Waals surface area (Å²) in [5.74, 6) is 1.69. The predicted molar refractivity (Wildman–Crippen MR) is 127 cm³/mol. The van der Waals surface area contributed by atoms with Crippen LogP contribution in [0.5, 0.6) is 11.5 Å². The van der Waals surface area contributed by atoms with Crippen LogP contribution in [0.2, 0.25) is 0 Å². The fourth-order valence-corrected chi connectivity index (χ4v) is 4.47. The van der Waals surface area contributed by atoms with Gasteiger partial charge in [0.2, 0.25) is 0 Å². The van der Waals surface area contributed by atoms with Crippen molar-refractivity contribution in [3.8, 4) is 11.5 Å². The molecule has 178 valence electrons. The first-order valence-corrected chi connectivity index (χ1v) is 12.0. The number of aromatic nitrogens is 1. The van der Waals surface area contributed by atoms with Crippen molar-refractivity contribution >= 4 is 5.91 Å². The number of nitrogens with one attached hydrogen (secondary N) is 1. The first-order valence-electron chi connectivity index (χ1n) is 12.0. The van der Waals surface area contributed by atoms with E-state index in [1.807, 2.05) is 26.0 Å². The number of amides is 1. The molecule has 0 saturated carbocycles. The molecule has 7 nitrogen and oxygen atoms in total. The second-order valence-electron chi connectivity index (χ2n) is 8.95. The van der Waals surface area contributed by atoms with E-state index >= 15 is 0 Å². The molecule has 1 N–H and O–H groups in total. The van der Waals surface area contributed by atoms with Gasteiger partial charge in [0.15, 0.2) is 0 Å². The van der Waals surface area contributed by atoms with Crippen LogP contribution in [-0.2, 0) is 11.3 Å². The van der Waals surface area contributed by atoms with Gasteiger partial charge in [0.05, 0.1) is 25.4 Å². The quantitative estimate of drug-likeness (QED) is 0.657. The minimum absolute atomic E-state index is 0.0380. The van der Waals surface area contributed by atoms with Gasteiger partial charge in [-0.2, -0.15) is 0 Å². The fraction of sp³-hybridized carbons (Fsp3) is 0.538. The first-order chi connectivity index (χ1) is 16.1. The lowest BCUT2D eigenvalue weighted by atomic mass is 10.0. The molecule has 0 bridgehead atoms. The minimum atomic E-state index is -0.0380. The van der Waals surface area contributed by atoms with E-state index in [4.69, 9.17) is 14.2 Å². The van der Waals surface area contributed by atoms with Crippen molar-refractivity contribution in [2.75, 3.05) is 32.9 Å². The Hall–Kier alpha value is -2.64. The zero-order chi connectivity index (χ0) is 23.0. The molecule has 3 heterocycles. The average Bonchev–Trinajstić information content (AvgIpc) is 2.81. The molecule has 1 amide bonds. The normalized spacial score (nSPS) is 18.1. The van der Waals surface area contributed by atoms with Crippen LogP contribution in [0.3, 0.4) is 0 Å². The van der Waals surface area contributed by atoms with Gasteiger partial charge in [-0.25, -0.2) is 0 Å². The number of carbonyl (C=O) groups is 1. The van der Waals surface area contributed by atoms with Gasteiger partial charge in [-0.3, -0.25) is 14.7 Å². The number of ether oxygens (including phenoxy) is 3. The molecule has 0 spiro atoms. The van der Waals surface area contributed by atoms with E-state index in [1.54, 1.807) is 12.4 Å². The van der Waals surface area contributed by atoms with Crippen LogP contribution >= 0.6 is 0 Å². The molecule has 4 rings (SSSR count). The summed E-state index contributed by atoms with van der Waals surface area (Å²) in [4.78, 5) is 19.1. The number of aryl methyl sites for hydroxylation is 1. The number of piperidine rings is 1. The Morgan fingerprint density at radius 3 is 2.58 bits per heavy atom. The number of nitrogens with zero attached hydrogens (tertiary/aromatic N) is 2. The Morgan fingerprint density at radius 2 is 1.85 bits per heavy atom. The molecule has 0 radical (unpaired) electrons. The van der Waals surface area contributed by atoms with Gasteiger partial charge in [0.1, 0.15) is 17.6 Å². The van der Waals surface area contributed by atoms with Crippen molar-refractivity contribution < 1.29 is 19.0 Å². The summed E-state index contributed by atoms with van der Waals surface area (Å²) < 4.78 is 17.5. The van der Waals surface area contributed by atoms with Crippen LogP contribution in [0.15, 0.2) is 36.7 Å². The van der Waals surface area contributed by atoms with Gasteiger partial charge >= 0.3 is 0 Å². The van der Waals surface area contributed by atoms with Gasteiger partial charge in [-0.15, -0.1) is 0 Å². The van der Waals surface area contributed by atoms with E-state index in [9.17, 15) is 4.79 Å². The fourth-order valence-electron chi connectivity index (χ4n) is 4.47. The summed E-state index contributed by atoms with van der Waals surface area (Å²) in [6.07, 6.45) is 7.30. The molecule has 0 aliphatic carbocycles. The van der Waals surface area contributed by atoms with Gasteiger partial charge in [0.25, 0.3) is 5.91 Å². The molecule has 2 aliphatic heterocycles. The Morgan fingerprint density at radius 1 is 1.09 bits per heavy atom. The van der Waals surface area contributed by atoms with Crippen molar-refractivity contribution in [3.63, 3.8) is 0 Å². The van der Waals surface area contributed by atoms with E-state index < -0.39 is 0 Å². The highest BCUT2D eigenvalue weighted by Crippen LogP contribution is 2.27. The number of carbonyl (C=O) groups excluding carboxylic acids is 1. The zero-order valence-corrected chi connectivity index (χ0v) is 19.7. The van der Waals surface area contributed by atoms with Gasteiger partial charge < -0.3 is 19.5 Å². The Balaban J connectivity index is 1.32. The highest BCUT2D eigenvalue weighted by Gasteiger charge is 2.22. The SMILES string of the molecule is CCOc1cc(CN2CCC(NC(=O)c3cncc(C)c3)CC2)cc(OC2CCOCC2)c1. The molecule has 2 saturated heterocycles. The van der Waals surface area contributed by atoms with Crippen molar-refractivity contribution in [2.45, 2.75) is 58.2 Å². The topological polar surface area (TPSA) is 72.9 Å². The standard InChI is InChI=1S/C26H35N3O4/c1-3-32-24-13-20(14-25(15-24)33-23-6-10-31-11-7-23)18-29-8-4-22(5-9-29)28-26(30)21-12-19(2)16-27-17-21/h12-17,22-23H,3-11,18H2,1-2H3,(H,28,30). The molecule has 33 heavy (non-hydrogen) atoms. The van der Waals surface area contributed by atoms with Crippen LogP contribution in [0, 0.1) is 6.92 Å². The number of hydrogen-bond acceptors (Lipinski definition) is 6. The number of rotatable bonds is 8. The summed E-state index contributed by atoms with van der Waals surface area (Å²) >= 11 is 0. The second kappa shape index (κ2) is 11.5. The maximum Gasteiger partial charge on any atom is 0.253 e. The Labute approximate surface area is 196 Å². The lowest BCUT2D eigenvalue weighted by Gasteiger charge is -2.32. The van der Waals surface area contributed by atoms with E-state index in [1.165, 1.54) is 5.56 Å². The lowest BCUT2D eigenvalue weighted by molar-refractivity contribution is 0.0254. The maximum absolute atomic E-state index is 12.5. The molecular formula is C26H35N3O4. The van der Waals surface area contributed by atoms with Crippen LogP contribution in [0.4, 0.5) is 0 Å². The van der Waals surface area contributed by atoms with Crippen LogP contribution in [0.1, 0.15) is 54.1 Å². The van der Waals surface area contributed by atoms with E-state index in [2.05, 4.69) is 27.3 Å². The number of pyridine rings is 1. The Bertz CT molecular complexity index is 922. The van der Waals surface area contributed by atoms with Crippen molar-refractivity contribution in [1.29, 1.82) is 0 Å². The summed E-state index contributed by atoms with van der Waals surface area (Å²) in [6, 6.07) is 8.30. The minimum Gasteiger partial charge on any atom is -0.494 e. The number of benzene rings is 1. The third kappa shape index (κ3) is 6.92. The van der Waals surface area contributed by atoms with E-state index in [0.717, 1.165) is 75.6 Å². The van der Waals surface area contributed by atoms with Gasteiger partial charge in [-0.1, -0.05) is 0 Å². The lowest BCUT2D eigenvalue weighted by Crippen LogP contribution is -2.44. The van der Waals surface area contributed by atoms with Gasteiger partial charge in [0, 0.05) is 57.0 Å². The molecule has 2 aliphatic rings. The van der Waals surface area contributed by atoms with Crippen molar-refractivity contribution in [3.05, 3.63) is 53.3 Å². The molecule has 0 unspecified atom stereocenters. The third-order valence-electron chi connectivity index (χ3n) is 6.19. The molecule has 2 fully saturated rings.